The van der Waals surface area contributed by atoms with Gasteiger partial charge in [-0.1, -0.05) is 136 Å². The summed E-state index contributed by atoms with van der Waals surface area (Å²) in [6.45, 7) is 2.86. The van der Waals surface area contributed by atoms with Crippen LogP contribution in [0.25, 0.3) is 0 Å². The molecule has 15 heteroatoms. The van der Waals surface area contributed by atoms with Gasteiger partial charge in [-0.2, -0.15) is 0 Å². The molecule has 1 saturated carbocycles. The number of aliphatic hydroxyl groups is 6. The van der Waals surface area contributed by atoms with Gasteiger partial charge in [-0.15, -0.1) is 0 Å². The molecule has 362 valence electrons. The summed E-state index contributed by atoms with van der Waals surface area (Å²) in [5.41, 5.74) is 0. The van der Waals surface area contributed by atoms with Gasteiger partial charge in [0.05, 0.1) is 12.7 Å². The lowest BCUT2D eigenvalue weighted by Gasteiger charge is -2.41. The van der Waals surface area contributed by atoms with Crippen LogP contribution < -0.4 is 0 Å². The molecule has 1 aliphatic carbocycles. The summed E-state index contributed by atoms with van der Waals surface area (Å²) < 4.78 is 33.3. The largest absolute Gasteiger partial charge is 0.472 e. The number of allylic oxidation sites excluding steroid dienone is 17. The average Bonchev–Trinajstić information content (AvgIpc) is 3.27. The first kappa shape index (κ1) is 58.5. The van der Waals surface area contributed by atoms with Gasteiger partial charge in [-0.25, -0.2) is 4.57 Å². The van der Waals surface area contributed by atoms with E-state index in [4.69, 9.17) is 18.5 Å². The number of phosphoric ester groups is 1. The minimum Gasteiger partial charge on any atom is -0.462 e. The van der Waals surface area contributed by atoms with Gasteiger partial charge < -0.3 is 45.0 Å². The summed E-state index contributed by atoms with van der Waals surface area (Å²) in [7, 11) is -5.18. The molecule has 64 heavy (non-hydrogen) atoms. The topological polar surface area (TPSA) is 230 Å². The maximum Gasteiger partial charge on any atom is 0.472 e. The first-order valence-corrected chi connectivity index (χ1v) is 24.3. The van der Waals surface area contributed by atoms with Crippen LogP contribution in [-0.4, -0.2) is 110 Å². The second-order valence-corrected chi connectivity index (χ2v) is 16.7. The van der Waals surface area contributed by atoms with Crippen molar-refractivity contribution < 1.29 is 68.2 Å². The Hall–Kier alpha value is -3.53. The van der Waals surface area contributed by atoms with Gasteiger partial charge in [0.2, 0.25) is 0 Å². The van der Waals surface area contributed by atoms with E-state index >= 15 is 0 Å². The average molecular weight is 921 g/mol. The predicted molar refractivity (Wildman–Crippen MR) is 250 cm³/mol. The fraction of sp³-hybridized carbons (Fsp3) is 0.592. The molecule has 0 radical (unpaired) electrons. The zero-order valence-corrected chi connectivity index (χ0v) is 38.8. The van der Waals surface area contributed by atoms with Crippen molar-refractivity contribution in [3.8, 4) is 0 Å². The van der Waals surface area contributed by atoms with E-state index in [1.54, 1.807) is 12.2 Å². The summed E-state index contributed by atoms with van der Waals surface area (Å²) in [6.07, 6.45) is 34.5. The molecule has 0 aromatic heterocycles. The minimum atomic E-state index is -5.18. The molecular formula is C49H77O14P. The molecule has 0 heterocycles. The monoisotopic (exact) mass is 921 g/mol. The standard InChI is InChI=1S/C49H77O14P/c1-3-5-7-9-11-13-15-17-18-19-20-22-24-26-28-30-32-36-43(52)62-41(39-61-64(58,59)63-49-47(56)45(54)44(53)46(55)48(49)57)38-60-42(51)37-33-35-40(50)34-31-29-27-25-23-21-16-14-12-10-8-6-4-2/h5-8,11-14,17-18,20-23,27,29,31,34,40-41,44-50,53-57H,3-4,9-10,15-16,19,24-26,28,30,32-33,35-39H2,1-2H3,(H,58,59)/b7-5-,8-6-,13-11-,14-12-,18-17-,22-20-,23-21-,29-27-,34-31+/t40?,41-,44?,45-,46+,47-,48-,49?/m1/s1. The molecule has 4 unspecified atom stereocenters. The Labute approximate surface area is 381 Å². The van der Waals surface area contributed by atoms with Crippen molar-refractivity contribution in [3.63, 3.8) is 0 Å². The highest BCUT2D eigenvalue weighted by Crippen LogP contribution is 2.47. The Balaban J connectivity index is 2.58. The molecule has 1 aliphatic rings. The van der Waals surface area contributed by atoms with Crippen molar-refractivity contribution in [3.05, 3.63) is 109 Å². The van der Waals surface area contributed by atoms with Crippen molar-refractivity contribution in [2.45, 2.75) is 172 Å². The molecule has 0 amide bonds. The number of unbranched alkanes of at least 4 members (excludes halogenated alkanes) is 4. The fourth-order valence-electron chi connectivity index (χ4n) is 6.07. The third-order valence-corrected chi connectivity index (χ3v) is 10.7. The lowest BCUT2D eigenvalue weighted by atomic mass is 9.85. The van der Waals surface area contributed by atoms with Crippen LogP contribution in [0.3, 0.4) is 0 Å². The zero-order chi connectivity index (χ0) is 47.3. The molecule has 1 rings (SSSR count). The van der Waals surface area contributed by atoms with Crippen LogP contribution in [-0.2, 0) is 32.7 Å². The van der Waals surface area contributed by atoms with Gasteiger partial charge in [0.25, 0.3) is 0 Å². The molecule has 0 aromatic rings. The Bertz CT molecular complexity index is 1550. The van der Waals surface area contributed by atoms with Crippen LogP contribution in [0.5, 0.6) is 0 Å². The number of carbonyl (C=O) groups is 2. The van der Waals surface area contributed by atoms with E-state index in [1.165, 1.54) is 0 Å². The van der Waals surface area contributed by atoms with E-state index in [9.17, 15) is 49.7 Å². The van der Waals surface area contributed by atoms with Crippen LogP contribution in [0.15, 0.2) is 109 Å². The zero-order valence-electron chi connectivity index (χ0n) is 37.9. The molecule has 0 saturated heterocycles. The number of phosphoric acid groups is 1. The quantitative estimate of drug-likeness (QED) is 0.0106. The Kier molecular flexibility index (Phi) is 34.4. The smallest absolute Gasteiger partial charge is 0.462 e. The number of carbonyl (C=O) groups excluding carboxylic acids is 2. The van der Waals surface area contributed by atoms with Gasteiger partial charge >= 0.3 is 19.8 Å². The lowest BCUT2D eigenvalue weighted by molar-refractivity contribution is -0.220. The number of rotatable bonds is 35. The summed E-state index contributed by atoms with van der Waals surface area (Å²) in [5, 5.41) is 60.4. The van der Waals surface area contributed by atoms with E-state index in [2.05, 4.69) is 98.9 Å². The number of ether oxygens (including phenoxy) is 2. The van der Waals surface area contributed by atoms with Crippen LogP contribution in [0.1, 0.15) is 123 Å². The molecule has 14 nitrogen and oxygen atoms in total. The normalized spacial score (nSPS) is 23.1. The number of aliphatic hydroxyl groups excluding tert-OH is 6. The highest BCUT2D eigenvalue weighted by atomic mass is 31.2. The van der Waals surface area contributed by atoms with Gasteiger partial charge in [-0.05, 0) is 83.5 Å². The molecular weight excluding hydrogens is 843 g/mol. The van der Waals surface area contributed by atoms with Crippen LogP contribution >= 0.6 is 7.82 Å². The molecule has 0 bridgehead atoms. The van der Waals surface area contributed by atoms with Crippen LogP contribution in [0, 0.1) is 0 Å². The molecule has 0 spiro atoms. The molecule has 0 aliphatic heterocycles. The highest BCUT2D eigenvalue weighted by Gasteiger charge is 2.51. The second kappa shape index (κ2) is 37.7. The Morgan fingerprint density at radius 2 is 1.03 bits per heavy atom. The maximum atomic E-state index is 12.8. The molecule has 9 atom stereocenters. The molecule has 7 N–H and O–H groups in total. The van der Waals surface area contributed by atoms with E-state index in [-0.39, 0.29) is 25.7 Å². The summed E-state index contributed by atoms with van der Waals surface area (Å²) in [4.78, 5) is 35.7. The van der Waals surface area contributed by atoms with Crippen molar-refractivity contribution in [2.75, 3.05) is 13.2 Å². The van der Waals surface area contributed by atoms with E-state index < -0.39 is 81.8 Å². The van der Waals surface area contributed by atoms with Crippen molar-refractivity contribution in [1.29, 1.82) is 0 Å². The SMILES string of the molecule is CC/C=C\C/C=C\C/C=C\C/C=C\C=C\C(O)CCCC(=O)OC[C@H](COP(=O)(O)OC1[C@H](O)[C@H](O)C(O)[C@H](O)[C@H]1O)OC(=O)CCCCCC/C=C\C/C=C\C/C=C\C/C=C\CC. The van der Waals surface area contributed by atoms with E-state index in [1.807, 2.05) is 12.2 Å². The van der Waals surface area contributed by atoms with Crippen LogP contribution in [0.2, 0.25) is 0 Å². The fourth-order valence-corrected chi connectivity index (χ4v) is 7.04. The van der Waals surface area contributed by atoms with Crippen molar-refractivity contribution >= 4 is 19.8 Å². The molecule has 0 aromatic carbocycles. The predicted octanol–water partition coefficient (Wildman–Crippen LogP) is 7.80. The van der Waals surface area contributed by atoms with Gasteiger partial charge in [0, 0.05) is 12.8 Å². The summed E-state index contributed by atoms with van der Waals surface area (Å²) in [5.74, 6) is -1.35. The highest BCUT2D eigenvalue weighted by molar-refractivity contribution is 7.47. The number of hydrogen-bond acceptors (Lipinski definition) is 13. The van der Waals surface area contributed by atoms with Crippen LogP contribution in [0.4, 0.5) is 0 Å². The maximum absolute atomic E-state index is 12.8. The lowest BCUT2D eigenvalue weighted by Crippen LogP contribution is -2.64. The first-order valence-electron chi connectivity index (χ1n) is 22.8. The minimum absolute atomic E-state index is 0.0204. The summed E-state index contributed by atoms with van der Waals surface area (Å²) >= 11 is 0. The van der Waals surface area contributed by atoms with Crippen molar-refractivity contribution in [1.82, 2.24) is 0 Å². The second-order valence-electron chi connectivity index (χ2n) is 15.3. The third-order valence-electron chi connectivity index (χ3n) is 9.71. The van der Waals surface area contributed by atoms with Crippen molar-refractivity contribution in [2.24, 2.45) is 0 Å². The van der Waals surface area contributed by atoms with E-state index in [0.717, 1.165) is 77.0 Å². The summed E-state index contributed by atoms with van der Waals surface area (Å²) in [6, 6.07) is 0. The van der Waals surface area contributed by atoms with Gasteiger partial charge in [0.15, 0.2) is 6.10 Å². The third kappa shape index (κ3) is 29.8. The van der Waals surface area contributed by atoms with E-state index in [0.29, 0.717) is 6.42 Å². The Morgan fingerprint density at radius 3 is 1.58 bits per heavy atom. The van der Waals surface area contributed by atoms with Gasteiger partial charge in [0.1, 0.15) is 43.2 Å². The number of hydrogen-bond donors (Lipinski definition) is 7. The Morgan fingerprint density at radius 1 is 0.562 bits per heavy atom. The number of esters is 2. The first-order chi connectivity index (χ1) is 30.8. The molecule has 1 fully saturated rings. The van der Waals surface area contributed by atoms with Gasteiger partial charge in [-0.3, -0.25) is 18.6 Å².